The highest BCUT2D eigenvalue weighted by Crippen LogP contribution is 2.32. The number of benzene rings is 2. The lowest BCUT2D eigenvalue weighted by Crippen LogP contribution is -2.13. The summed E-state index contributed by atoms with van der Waals surface area (Å²) < 4.78 is 1.98. The molecule has 0 heterocycles. The molecular formula is C13H8Br3NO2. The highest BCUT2D eigenvalue weighted by atomic mass is 79.9. The number of carbonyl (C=O) groups excluding carboxylic acids is 1. The first-order valence-electron chi connectivity index (χ1n) is 5.23. The molecule has 6 heteroatoms. The summed E-state index contributed by atoms with van der Waals surface area (Å²) in [7, 11) is 0. The van der Waals surface area contributed by atoms with E-state index in [9.17, 15) is 9.90 Å². The molecule has 2 aromatic rings. The van der Waals surface area contributed by atoms with Gasteiger partial charge < -0.3 is 10.4 Å². The van der Waals surface area contributed by atoms with Crippen LogP contribution in [0, 0.1) is 0 Å². The molecule has 3 nitrogen and oxygen atoms in total. The predicted octanol–water partition coefficient (Wildman–Crippen LogP) is 4.93. The van der Waals surface area contributed by atoms with Crippen molar-refractivity contribution in [2.24, 2.45) is 0 Å². The number of halogens is 3. The van der Waals surface area contributed by atoms with Crippen LogP contribution in [0.25, 0.3) is 0 Å². The van der Waals surface area contributed by atoms with Gasteiger partial charge in [-0.1, -0.05) is 28.1 Å². The second-order valence-electron chi connectivity index (χ2n) is 3.72. The monoisotopic (exact) mass is 447 g/mol. The fourth-order valence-corrected chi connectivity index (χ4v) is 3.30. The number of aromatic hydroxyl groups is 1. The topological polar surface area (TPSA) is 49.3 Å². The van der Waals surface area contributed by atoms with Crippen molar-refractivity contribution >= 4 is 59.4 Å². The molecule has 0 unspecified atom stereocenters. The van der Waals surface area contributed by atoms with E-state index in [1.54, 1.807) is 12.1 Å². The standard InChI is InChI=1S/C13H8Br3NO2/c14-7-5-9(16)12(11(18)6-7)13(19)17-10-4-2-1-3-8(10)15/h1-6,18H,(H,17,19). The summed E-state index contributed by atoms with van der Waals surface area (Å²) in [6, 6.07) is 10.4. The maximum Gasteiger partial charge on any atom is 0.260 e. The van der Waals surface area contributed by atoms with Crippen LogP contribution in [0.4, 0.5) is 5.69 Å². The third-order valence-electron chi connectivity index (χ3n) is 2.38. The van der Waals surface area contributed by atoms with Gasteiger partial charge >= 0.3 is 0 Å². The van der Waals surface area contributed by atoms with Crippen molar-refractivity contribution in [2.75, 3.05) is 5.32 Å². The number of nitrogens with one attached hydrogen (secondary N) is 1. The van der Waals surface area contributed by atoms with Crippen LogP contribution in [0.5, 0.6) is 5.75 Å². The number of hydrogen-bond acceptors (Lipinski definition) is 2. The van der Waals surface area contributed by atoms with E-state index in [0.29, 0.717) is 14.6 Å². The molecule has 98 valence electrons. The van der Waals surface area contributed by atoms with E-state index in [4.69, 9.17) is 0 Å². The van der Waals surface area contributed by atoms with Crippen molar-refractivity contribution in [3.05, 3.63) is 55.4 Å². The van der Waals surface area contributed by atoms with Gasteiger partial charge in [-0.15, -0.1) is 0 Å². The summed E-state index contributed by atoms with van der Waals surface area (Å²) in [5.41, 5.74) is 0.834. The fraction of sp³-hybridized carbons (Fsp3) is 0. The fourth-order valence-electron chi connectivity index (χ4n) is 1.53. The zero-order chi connectivity index (χ0) is 14.0. The molecule has 2 rings (SSSR count). The van der Waals surface area contributed by atoms with Crippen molar-refractivity contribution in [3.8, 4) is 5.75 Å². The average Bonchev–Trinajstić information content (AvgIpc) is 2.30. The minimum absolute atomic E-state index is 0.0918. The summed E-state index contributed by atoms with van der Waals surface area (Å²) in [6.45, 7) is 0. The smallest absolute Gasteiger partial charge is 0.260 e. The Balaban J connectivity index is 2.34. The Morgan fingerprint density at radius 1 is 1.05 bits per heavy atom. The van der Waals surface area contributed by atoms with Crippen molar-refractivity contribution < 1.29 is 9.90 Å². The number of carbonyl (C=O) groups is 1. The zero-order valence-electron chi connectivity index (χ0n) is 9.45. The molecule has 19 heavy (non-hydrogen) atoms. The molecule has 0 fully saturated rings. The van der Waals surface area contributed by atoms with Gasteiger partial charge in [0.25, 0.3) is 5.91 Å². The lowest BCUT2D eigenvalue weighted by molar-refractivity contribution is 0.102. The van der Waals surface area contributed by atoms with Crippen LogP contribution in [-0.2, 0) is 0 Å². The third kappa shape index (κ3) is 3.38. The Morgan fingerprint density at radius 3 is 2.37 bits per heavy atom. The van der Waals surface area contributed by atoms with Crippen molar-refractivity contribution in [3.63, 3.8) is 0 Å². The minimum atomic E-state index is -0.385. The number of hydrogen-bond donors (Lipinski definition) is 2. The Hall–Kier alpha value is -0.850. The van der Waals surface area contributed by atoms with Gasteiger partial charge in [0.1, 0.15) is 5.75 Å². The van der Waals surface area contributed by atoms with Crippen LogP contribution in [0.15, 0.2) is 49.8 Å². The largest absolute Gasteiger partial charge is 0.507 e. The van der Waals surface area contributed by atoms with Crippen molar-refractivity contribution in [1.82, 2.24) is 0 Å². The van der Waals surface area contributed by atoms with E-state index in [1.165, 1.54) is 6.07 Å². The molecule has 0 aliphatic rings. The van der Waals surface area contributed by atoms with Crippen LogP contribution >= 0.6 is 47.8 Å². The SMILES string of the molecule is O=C(Nc1ccccc1Br)c1c(O)cc(Br)cc1Br. The van der Waals surface area contributed by atoms with E-state index in [-0.39, 0.29) is 17.2 Å². The van der Waals surface area contributed by atoms with Gasteiger partial charge in [-0.05, 0) is 56.1 Å². The second-order valence-corrected chi connectivity index (χ2v) is 6.34. The van der Waals surface area contributed by atoms with Crippen molar-refractivity contribution in [2.45, 2.75) is 0 Å². The predicted molar refractivity (Wildman–Crippen MR) is 85.6 cm³/mol. The van der Waals surface area contributed by atoms with Gasteiger partial charge in [-0.2, -0.15) is 0 Å². The summed E-state index contributed by atoms with van der Waals surface area (Å²) in [4.78, 5) is 12.2. The summed E-state index contributed by atoms with van der Waals surface area (Å²) in [6.07, 6.45) is 0. The first-order chi connectivity index (χ1) is 8.99. The minimum Gasteiger partial charge on any atom is -0.507 e. The molecule has 2 N–H and O–H groups in total. The molecule has 0 aromatic heterocycles. The number of anilines is 1. The van der Waals surface area contributed by atoms with Crippen molar-refractivity contribution in [1.29, 1.82) is 0 Å². The van der Waals surface area contributed by atoms with Gasteiger partial charge in [-0.25, -0.2) is 0 Å². The highest BCUT2D eigenvalue weighted by molar-refractivity contribution is 9.11. The van der Waals surface area contributed by atoms with Crippen LogP contribution < -0.4 is 5.32 Å². The van der Waals surface area contributed by atoms with Gasteiger partial charge in [0, 0.05) is 13.4 Å². The molecule has 0 saturated carbocycles. The summed E-state index contributed by atoms with van der Waals surface area (Å²) in [5.74, 6) is -0.477. The van der Waals surface area contributed by atoms with E-state index >= 15 is 0 Å². The Bertz CT molecular complexity index is 621. The number of para-hydroxylation sites is 1. The molecule has 0 aliphatic heterocycles. The first kappa shape index (κ1) is 14.6. The second kappa shape index (κ2) is 6.07. The zero-order valence-corrected chi connectivity index (χ0v) is 14.2. The number of amides is 1. The Morgan fingerprint density at radius 2 is 1.74 bits per heavy atom. The third-order valence-corrected chi connectivity index (χ3v) is 4.16. The number of rotatable bonds is 2. The van der Waals surface area contributed by atoms with E-state index in [0.717, 1.165) is 4.47 Å². The maximum atomic E-state index is 12.2. The lowest BCUT2D eigenvalue weighted by atomic mass is 10.2. The lowest BCUT2D eigenvalue weighted by Gasteiger charge is -2.10. The highest BCUT2D eigenvalue weighted by Gasteiger charge is 2.17. The molecule has 0 saturated heterocycles. The molecule has 0 atom stereocenters. The van der Waals surface area contributed by atoms with E-state index in [2.05, 4.69) is 53.1 Å². The molecule has 0 radical (unpaired) electrons. The van der Waals surface area contributed by atoms with E-state index < -0.39 is 0 Å². The number of phenolic OH excluding ortho intramolecular Hbond substituents is 1. The van der Waals surface area contributed by atoms with Crippen LogP contribution in [0.1, 0.15) is 10.4 Å². The average molecular weight is 450 g/mol. The summed E-state index contributed by atoms with van der Waals surface area (Å²) >= 11 is 9.86. The quantitative estimate of drug-likeness (QED) is 0.682. The van der Waals surface area contributed by atoms with Gasteiger partial charge in [0.2, 0.25) is 0 Å². The molecule has 0 spiro atoms. The summed E-state index contributed by atoms with van der Waals surface area (Å²) in [5, 5.41) is 12.6. The van der Waals surface area contributed by atoms with E-state index in [1.807, 2.05) is 18.2 Å². The van der Waals surface area contributed by atoms with Crippen LogP contribution in [-0.4, -0.2) is 11.0 Å². The van der Waals surface area contributed by atoms with Crippen LogP contribution in [0.2, 0.25) is 0 Å². The van der Waals surface area contributed by atoms with Gasteiger partial charge in [0.15, 0.2) is 0 Å². The molecule has 0 bridgehead atoms. The molecule has 2 aromatic carbocycles. The van der Waals surface area contributed by atoms with Crippen LogP contribution in [0.3, 0.4) is 0 Å². The number of phenols is 1. The normalized spacial score (nSPS) is 10.3. The molecule has 1 amide bonds. The Labute approximate surface area is 135 Å². The Kier molecular flexibility index (Phi) is 4.65. The molecular weight excluding hydrogens is 442 g/mol. The van der Waals surface area contributed by atoms with Gasteiger partial charge in [0.05, 0.1) is 11.3 Å². The maximum absolute atomic E-state index is 12.2. The first-order valence-corrected chi connectivity index (χ1v) is 7.61. The molecule has 0 aliphatic carbocycles. The van der Waals surface area contributed by atoms with Gasteiger partial charge in [-0.3, -0.25) is 4.79 Å².